The van der Waals surface area contributed by atoms with Gasteiger partial charge in [0.05, 0.1) is 18.9 Å². The van der Waals surface area contributed by atoms with Gasteiger partial charge in [-0.15, -0.1) is 0 Å². The molecule has 1 aliphatic carbocycles. The normalized spacial score (nSPS) is 23.6. The third-order valence-electron chi connectivity index (χ3n) is 5.46. The Morgan fingerprint density at radius 2 is 1.93 bits per heavy atom. The van der Waals surface area contributed by atoms with Gasteiger partial charge in [-0.1, -0.05) is 29.8 Å². The van der Waals surface area contributed by atoms with Crippen LogP contribution in [0.15, 0.2) is 36.4 Å². The number of nitrogens with zero attached hydrogens (tertiary/aromatic N) is 1. The van der Waals surface area contributed by atoms with E-state index in [1.54, 1.807) is 12.1 Å². The molecule has 1 aliphatic heterocycles. The number of benzene rings is 1. The molecule has 2 fully saturated rings. The number of fused-ring (bicyclic) bond motifs is 1. The maximum Gasteiger partial charge on any atom is 0.269 e. The SMILES string of the molecule is CNC(=O)c1cc(C(=O)NC2C3COCC32)cc(C(O)c2cccc(C)c2)n1. The largest absolute Gasteiger partial charge is 0.382 e. The molecule has 1 saturated carbocycles. The van der Waals surface area contributed by atoms with Gasteiger partial charge in [-0.2, -0.15) is 0 Å². The first-order valence-electron chi connectivity index (χ1n) is 9.35. The van der Waals surface area contributed by atoms with Crippen LogP contribution in [-0.4, -0.2) is 48.2 Å². The highest BCUT2D eigenvalue weighted by Crippen LogP contribution is 2.44. The minimum absolute atomic E-state index is 0.0937. The number of amides is 2. The molecule has 0 spiro atoms. The lowest BCUT2D eigenvalue weighted by Crippen LogP contribution is -2.31. The summed E-state index contributed by atoms with van der Waals surface area (Å²) >= 11 is 0. The molecule has 1 saturated heterocycles. The number of aryl methyl sites for hydroxylation is 1. The summed E-state index contributed by atoms with van der Waals surface area (Å²) in [4.78, 5) is 29.2. The topological polar surface area (TPSA) is 101 Å². The van der Waals surface area contributed by atoms with Crippen molar-refractivity contribution in [3.05, 3.63) is 64.5 Å². The van der Waals surface area contributed by atoms with Gasteiger partial charge in [-0.3, -0.25) is 9.59 Å². The van der Waals surface area contributed by atoms with Crippen molar-refractivity contribution >= 4 is 11.8 Å². The van der Waals surface area contributed by atoms with Crippen LogP contribution in [-0.2, 0) is 4.74 Å². The van der Waals surface area contributed by atoms with E-state index in [4.69, 9.17) is 4.74 Å². The molecule has 3 unspecified atom stereocenters. The molecule has 1 aromatic heterocycles. The van der Waals surface area contributed by atoms with Gasteiger partial charge >= 0.3 is 0 Å². The lowest BCUT2D eigenvalue weighted by molar-refractivity contribution is 0.0928. The van der Waals surface area contributed by atoms with Crippen LogP contribution in [0.25, 0.3) is 0 Å². The number of aliphatic hydroxyl groups is 1. The maximum absolute atomic E-state index is 12.8. The minimum atomic E-state index is -1.04. The van der Waals surface area contributed by atoms with E-state index in [0.29, 0.717) is 36.2 Å². The van der Waals surface area contributed by atoms with Gasteiger partial charge < -0.3 is 20.5 Å². The molecule has 28 heavy (non-hydrogen) atoms. The fourth-order valence-electron chi connectivity index (χ4n) is 3.77. The number of ether oxygens (including phenoxy) is 1. The Morgan fingerprint density at radius 3 is 2.61 bits per heavy atom. The van der Waals surface area contributed by atoms with Crippen LogP contribution >= 0.6 is 0 Å². The number of hydrogen-bond donors (Lipinski definition) is 3. The first-order chi connectivity index (χ1) is 13.5. The Labute approximate surface area is 163 Å². The summed E-state index contributed by atoms with van der Waals surface area (Å²) in [7, 11) is 1.50. The molecule has 2 heterocycles. The highest BCUT2D eigenvalue weighted by Gasteiger charge is 2.54. The van der Waals surface area contributed by atoms with Crippen LogP contribution in [0.4, 0.5) is 0 Å². The molecular weight excluding hydrogens is 358 g/mol. The van der Waals surface area contributed by atoms with Crippen molar-refractivity contribution in [1.82, 2.24) is 15.6 Å². The number of aromatic nitrogens is 1. The van der Waals surface area contributed by atoms with Crippen LogP contribution in [0.2, 0.25) is 0 Å². The van der Waals surface area contributed by atoms with Gasteiger partial charge in [0.2, 0.25) is 0 Å². The highest BCUT2D eigenvalue weighted by atomic mass is 16.5. The maximum atomic E-state index is 12.8. The summed E-state index contributed by atoms with van der Waals surface area (Å²) in [5, 5.41) is 16.3. The van der Waals surface area contributed by atoms with Crippen LogP contribution in [0.1, 0.15) is 43.8 Å². The molecular formula is C21H23N3O4. The van der Waals surface area contributed by atoms with Crippen molar-refractivity contribution in [2.24, 2.45) is 11.8 Å². The number of hydrogen-bond acceptors (Lipinski definition) is 5. The summed E-state index contributed by atoms with van der Waals surface area (Å²) in [6, 6.07) is 10.5. The van der Waals surface area contributed by atoms with Crippen LogP contribution < -0.4 is 10.6 Å². The van der Waals surface area contributed by atoms with Crippen LogP contribution in [0.5, 0.6) is 0 Å². The van der Waals surface area contributed by atoms with Gasteiger partial charge in [0, 0.05) is 30.5 Å². The fraction of sp³-hybridized carbons (Fsp3) is 0.381. The smallest absolute Gasteiger partial charge is 0.269 e. The molecule has 1 aromatic carbocycles. The van der Waals surface area contributed by atoms with E-state index in [0.717, 1.165) is 5.56 Å². The first-order valence-corrected chi connectivity index (χ1v) is 9.35. The summed E-state index contributed by atoms with van der Waals surface area (Å²) in [6.45, 7) is 3.28. The van der Waals surface area contributed by atoms with E-state index in [-0.39, 0.29) is 23.3 Å². The van der Waals surface area contributed by atoms with Crippen molar-refractivity contribution in [3.63, 3.8) is 0 Å². The summed E-state index contributed by atoms with van der Waals surface area (Å²) < 4.78 is 5.35. The van der Waals surface area contributed by atoms with Gasteiger partial charge in [-0.05, 0) is 24.6 Å². The number of rotatable bonds is 5. The highest BCUT2D eigenvalue weighted by molar-refractivity contribution is 5.99. The second-order valence-corrected chi connectivity index (χ2v) is 7.43. The Balaban J connectivity index is 1.63. The molecule has 4 rings (SSSR count). The van der Waals surface area contributed by atoms with Crippen molar-refractivity contribution in [2.45, 2.75) is 19.1 Å². The lowest BCUT2D eigenvalue weighted by atomic mass is 10.0. The molecule has 3 atom stereocenters. The zero-order chi connectivity index (χ0) is 19.8. The number of carbonyl (C=O) groups is 2. The molecule has 7 nitrogen and oxygen atoms in total. The quantitative estimate of drug-likeness (QED) is 0.723. The summed E-state index contributed by atoms with van der Waals surface area (Å²) in [5.41, 5.74) is 2.31. The lowest BCUT2D eigenvalue weighted by Gasteiger charge is -2.15. The molecule has 2 aliphatic rings. The van der Waals surface area contributed by atoms with E-state index in [1.165, 1.54) is 13.1 Å². The molecule has 146 valence electrons. The molecule has 0 bridgehead atoms. The standard InChI is InChI=1S/C21H23N3O4/c1-11-4-3-5-12(6-11)19(25)16-7-13(8-17(23-16)21(27)22-2)20(26)24-18-14-9-28-10-15(14)18/h3-8,14-15,18-19,25H,9-10H2,1-2H3,(H,22,27)(H,24,26). The van der Waals surface area contributed by atoms with Crippen molar-refractivity contribution in [1.29, 1.82) is 0 Å². The molecule has 3 N–H and O–H groups in total. The van der Waals surface area contributed by atoms with E-state index < -0.39 is 12.0 Å². The second-order valence-electron chi connectivity index (χ2n) is 7.43. The van der Waals surface area contributed by atoms with Crippen molar-refractivity contribution in [2.75, 3.05) is 20.3 Å². The third kappa shape index (κ3) is 3.50. The number of pyridine rings is 1. The van der Waals surface area contributed by atoms with Gasteiger partial charge in [0.15, 0.2) is 0 Å². The minimum Gasteiger partial charge on any atom is -0.382 e. The average Bonchev–Trinajstić information content (AvgIpc) is 3.12. The first kappa shape index (κ1) is 18.6. The molecule has 2 amide bonds. The Bertz CT molecular complexity index is 920. The third-order valence-corrected chi connectivity index (χ3v) is 5.46. The predicted octanol–water partition coefficient (Wildman–Crippen LogP) is 1.21. The van der Waals surface area contributed by atoms with Crippen molar-refractivity contribution in [3.8, 4) is 0 Å². The zero-order valence-corrected chi connectivity index (χ0v) is 15.8. The summed E-state index contributed by atoms with van der Waals surface area (Å²) in [5.74, 6) is 0.0665. The van der Waals surface area contributed by atoms with Crippen LogP contribution in [0.3, 0.4) is 0 Å². The average molecular weight is 381 g/mol. The van der Waals surface area contributed by atoms with E-state index in [1.807, 2.05) is 25.1 Å². The van der Waals surface area contributed by atoms with E-state index in [2.05, 4.69) is 15.6 Å². The Hall–Kier alpha value is -2.77. The monoisotopic (exact) mass is 381 g/mol. The number of carbonyl (C=O) groups excluding carboxylic acids is 2. The number of nitrogens with one attached hydrogen (secondary N) is 2. The van der Waals surface area contributed by atoms with E-state index >= 15 is 0 Å². The number of aliphatic hydroxyl groups excluding tert-OH is 1. The van der Waals surface area contributed by atoms with Gasteiger partial charge in [0.25, 0.3) is 11.8 Å². The molecule has 0 radical (unpaired) electrons. The second kappa shape index (κ2) is 7.33. The van der Waals surface area contributed by atoms with Gasteiger partial charge in [-0.25, -0.2) is 4.98 Å². The predicted molar refractivity (Wildman–Crippen MR) is 102 cm³/mol. The Morgan fingerprint density at radius 1 is 1.18 bits per heavy atom. The Kier molecular flexibility index (Phi) is 4.87. The summed E-state index contributed by atoms with van der Waals surface area (Å²) in [6.07, 6.45) is -1.04. The zero-order valence-electron chi connectivity index (χ0n) is 15.8. The molecule has 2 aromatic rings. The molecule has 7 heteroatoms. The van der Waals surface area contributed by atoms with E-state index in [9.17, 15) is 14.7 Å². The van der Waals surface area contributed by atoms with Crippen LogP contribution in [0, 0.1) is 18.8 Å². The van der Waals surface area contributed by atoms with Crippen molar-refractivity contribution < 1.29 is 19.4 Å². The van der Waals surface area contributed by atoms with Gasteiger partial charge in [0.1, 0.15) is 11.8 Å². The fourth-order valence-corrected chi connectivity index (χ4v) is 3.77.